The lowest BCUT2D eigenvalue weighted by molar-refractivity contribution is -0.151. The fourth-order valence-corrected chi connectivity index (χ4v) is 3.77. The van der Waals surface area contributed by atoms with Gasteiger partial charge in [0.05, 0.1) is 13.2 Å². The number of carbonyl (C=O) groups excluding carboxylic acids is 3. The van der Waals surface area contributed by atoms with Gasteiger partial charge in [0.1, 0.15) is 12.1 Å². The van der Waals surface area contributed by atoms with E-state index in [0.29, 0.717) is 24.3 Å². The minimum Gasteiger partial charge on any atom is -0.490 e. The van der Waals surface area contributed by atoms with Crippen LogP contribution in [-0.4, -0.2) is 48.2 Å². The van der Waals surface area contributed by atoms with Gasteiger partial charge in [-0.1, -0.05) is 81.3 Å². The number of ether oxygens (including phenoxy) is 2. The van der Waals surface area contributed by atoms with Crippen LogP contribution in [0.15, 0.2) is 71.2 Å². The third-order valence-corrected chi connectivity index (χ3v) is 6.04. The number of nitrogens with one attached hydrogen (secondary N) is 2. The molecule has 0 aliphatic carbocycles. The molecule has 1 unspecified atom stereocenters. The van der Waals surface area contributed by atoms with Crippen molar-refractivity contribution in [2.75, 3.05) is 7.11 Å². The molecule has 1 heterocycles. The van der Waals surface area contributed by atoms with Crippen molar-refractivity contribution in [3.05, 3.63) is 71.2 Å². The zero-order valence-corrected chi connectivity index (χ0v) is 24.7. The second-order valence-corrected chi connectivity index (χ2v) is 11.2. The zero-order chi connectivity index (χ0) is 29.6. The first kappa shape index (κ1) is 33.9. The number of allylic oxidation sites excluding steroid dienone is 5. The van der Waals surface area contributed by atoms with Crippen LogP contribution in [0.1, 0.15) is 60.8 Å². The molecule has 3 N–H and O–H groups in total. The topological polar surface area (TPSA) is 114 Å². The average Bonchev–Trinajstić information content (AvgIpc) is 2.85. The normalized spacial score (nSPS) is 19.6. The second-order valence-electron chi connectivity index (χ2n) is 10.6. The van der Waals surface area contributed by atoms with E-state index in [1.165, 1.54) is 19.4 Å². The second kappa shape index (κ2) is 16.8. The van der Waals surface area contributed by atoms with Crippen molar-refractivity contribution in [3.8, 4) is 0 Å². The maximum absolute atomic E-state index is 12.7. The van der Waals surface area contributed by atoms with E-state index in [1.54, 1.807) is 37.3 Å². The van der Waals surface area contributed by atoms with Crippen LogP contribution in [0.2, 0.25) is 0 Å². The number of halogens is 1. The van der Waals surface area contributed by atoms with Crippen LogP contribution in [-0.2, 0) is 23.9 Å². The lowest BCUT2D eigenvalue weighted by Crippen LogP contribution is -2.52. The first-order valence-corrected chi connectivity index (χ1v) is 13.4. The highest BCUT2D eigenvalue weighted by atomic mass is 35.5. The summed E-state index contributed by atoms with van der Waals surface area (Å²) in [5.74, 6) is -0.991. The first-order valence-electron chi connectivity index (χ1n) is 13.0. The van der Waals surface area contributed by atoms with E-state index in [4.69, 9.17) is 21.1 Å². The lowest BCUT2D eigenvalue weighted by Gasteiger charge is -2.29. The molecule has 1 rings (SSSR count). The van der Waals surface area contributed by atoms with E-state index in [-0.39, 0.29) is 23.7 Å². The summed E-state index contributed by atoms with van der Waals surface area (Å²) in [5.41, 5.74) is 0.416. The number of hydrogen-bond acceptors (Lipinski definition) is 6. The van der Waals surface area contributed by atoms with Crippen molar-refractivity contribution >= 4 is 29.4 Å². The van der Waals surface area contributed by atoms with Crippen LogP contribution in [0.5, 0.6) is 0 Å². The Morgan fingerprint density at radius 1 is 1.23 bits per heavy atom. The summed E-state index contributed by atoms with van der Waals surface area (Å²) in [4.78, 5) is 37.1. The number of aliphatic hydroxyl groups is 1. The molecule has 1 aliphatic heterocycles. The third kappa shape index (κ3) is 13.5. The molecule has 4 atom stereocenters. The molecule has 0 saturated carbocycles. The Labute approximate surface area is 237 Å². The number of esters is 1. The lowest BCUT2D eigenvalue weighted by atomic mass is 9.86. The van der Waals surface area contributed by atoms with Crippen molar-refractivity contribution in [2.45, 2.75) is 79.1 Å². The van der Waals surface area contributed by atoms with Gasteiger partial charge in [0, 0.05) is 23.4 Å². The fraction of sp³-hybridized carbons (Fsp3) is 0.500. The number of carbonyl (C=O) groups is 3. The SMILES string of the molecule is COC1=CCC([C@@H](C)/C=C(C)/C=C/C=C/C(=O)N[C@H](C(=O)N/C=C\C[C@@H](O)C/C=C(\C)Cl)C(C)(C)C)OC1=O. The Morgan fingerprint density at radius 3 is 2.49 bits per heavy atom. The Bertz CT molecular complexity index is 1030. The van der Waals surface area contributed by atoms with Crippen molar-refractivity contribution in [3.63, 3.8) is 0 Å². The van der Waals surface area contributed by atoms with Crippen molar-refractivity contribution in [1.82, 2.24) is 10.6 Å². The summed E-state index contributed by atoms with van der Waals surface area (Å²) in [5, 5.41) is 16.0. The molecule has 2 amide bonds. The van der Waals surface area contributed by atoms with Gasteiger partial charge in [-0.2, -0.15) is 0 Å². The Balaban J connectivity index is 2.64. The summed E-state index contributed by atoms with van der Waals surface area (Å²) >= 11 is 5.77. The van der Waals surface area contributed by atoms with E-state index in [1.807, 2.05) is 46.8 Å². The average molecular weight is 563 g/mol. The van der Waals surface area contributed by atoms with Gasteiger partial charge in [0.25, 0.3) is 0 Å². The van der Waals surface area contributed by atoms with Crippen LogP contribution in [0.4, 0.5) is 0 Å². The smallest absolute Gasteiger partial charge is 0.373 e. The summed E-state index contributed by atoms with van der Waals surface area (Å²) in [6, 6.07) is -0.775. The Hall–Kier alpha value is -3.10. The van der Waals surface area contributed by atoms with Crippen molar-refractivity contribution in [1.29, 1.82) is 0 Å². The molecule has 9 heteroatoms. The van der Waals surface area contributed by atoms with Gasteiger partial charge in [0.15, 0.2) is 5.76 Å². The van der Waals surface area contributed by atoms with Gasteiger partial charge in [-0.25, -0.2) is 4.79 Å². The molecule has 0 fully saturated rings. The molecule has 0 aromatic heterocycles. The predicted octanol–water partition coefficient (Wildman–Crippen LogP) is 4.97. The zero-order valence-electron chi connectivity index (χ0n) is 24.0. The maximum Gasteiger partial charge on any atom is 0.373 e. The van der Waals surface area contributed by atoms with E-state index in [2.05, 4.69) is 10.6 Å². The van der Waals surface area contributed by atoms with Crippen LogP contribution >= 0.6 is 11.6 Å². The minimum absolute atomic E-state index is 0.00409. The van der Waals surface area contributed by atoms with Gasteiger partial charge >= 0.3 is 5.97 Å². The van der Waals surface area contributed by atoms with E-state index in [9.17, 15) is 19.5 Å². The number of aliphatic hydroxyl groups excluding tert-OH is 1. The van der Waals surface area contributed by atoms with E-state index >= 15 is 0 Å². The number of methoxy groups -OCH3 is 1. The molecule has 0 saturated heterocycles. The van der Waals surface area contributed by atoms with Crippen LogP contribution in [0.3, 0.4) is 0 Å². The molecule has 0 radical (unpaired) electrons. The van der Waals surface area contributed by atoms with Gasteiger partial charge in [0.2, 0.25) is 11.8 Å². The van der Waals surface area contributed by atoms with Crippen molar-refractivity contribution in [2.24, 2.45) is 11.3 Å². The first-order chi connectivity index (χ1) is 18.2. The molecule has 0 aromatic rings. The third-order valence-electron chi connectivity index (χ3n) is 5.88. The minimum atomic E-state index is -0.775. The van der Waals surface area contributed by atoms with Gasteiger partial charge in [-0.15, -0.1) is 0 Å². The molecule has 0 spiro atoms. The largest absolute Gasteiger partial charge is 0.490 e. The molecule has 39 heavy (non-hydrogen) atoms. The summed E-state index contributed by atoms with van der Waals surface area (Å²) in [7, 11) is 1.44. The van der Waals surface area contributed by atoms with Gasteiger partial charge < -0.3 is 25.2 Å². The molecule has 1 aliphatic rings. The van der Waals surface area contributed by atoms with Crippen LogP contribution in [0, 0.1) is 11.3 Å². The van der Waals surface area contributed by atoms with Crippen molar-refractivity contribution < 1.29 is 29.0 Å². The summed E-state index contributed by atoms with van der Waals surface area (Å²) < 4.78 is 10.4. The number of amides is 2. The summed E-state index contributed by atoms with van der Waals surface area (Å²) in [6.07, 6.45) is 15.6. The quantitative estimate of drug-likeness (QED) is 0.166. The Kier molecular flexibility index (Phi) is 14.6. The van der Waals surface area contributed by atoms with Gasteiger partial charge in [-0.3, -0.25) is 9.59 Å². The fourth-order valence-electron chi connectivity index (χ4n) is 3.68. The highest BCUT2D eigenvalue weighted by Crippen LogP contribution is 2.23. The molecule has 0 aromatic carbocycles. The van der Waals surface area contributed by atoms with Crippen LogP contribution < -0.4 is 10.6 Å². The number of hydrogen-bond donors (Lipinski definition) is 3. The highest BCUT2D eigenvalue weighted by molar-refractivity contribution is 6.29. The van der Waals surface area contributed by atoms with E-state index < -0.39 is 29.4 Å². The maximum atomic E-state index is 12.7. The molecule has 8 nitrogen and oxygen atoms in total. The summed E-state index contributed by atoms with van der Waals surface area (Å²) in [6.45, 7) is 11.2. The molecular weight excluding hydrogens is 520 g/mol. The predicted molar refractivity (Wildman–Crippen MR) is 154 cm³/mol. The molecular formula is C30H43ClN2O6. The van der Waals surface area contributed by atoms with E-state index in [0.717, 1.165) is 5.57 Å². The number of cyclic esters (lactones) is 1. The monoisotopic (exact) mass is 562 g/mol. The number of rotatable bonds is 13. The molecule has 216 valence electrons. The standard InChI is InChI=1S/C30H43ClN2O6/c1-20(19-21(2)24-16-17-25(38-7)29(37)39-24)11-8-9-13-26(35)33-27(30(4,5)6)28(36)32-18-10-12-23(34)15-14-22(3)31/h8-11,13-14,17-19,21,23-24,27,34H,12,15-16H2,1-7H3,(H,32,36)(H,33,35)/b11-8+,13-9+,18-10-,20-19+,22-14+/t21-,23+,24?,27+/m0/s1. The van der Waals surface area contributed by atoms with Crippen LogP contribution in [0.25, 0.3) is 0 Å². The van der Waals surface area contributed by atoms with Gasteiger partial charge in [-0.05, 0) is 44.4 Å². The molecule has 0 bridgehead atoms. The Morgan fingerprint density at radius 2 is 1.90 bits per heavy atom. The highest BCUT2D eigenvalue weighted by Gasteiger charge is 2.32.